The van der Waals surface area contributed by atoms with E-state index in [9.17, 15) is 0 Å². The van der Waals surface area contributed by atoms with E-state index >= 15 is 0 Å². The average molecular weight is 179 g/mol. The summed E-state index contributed by atoms with van der Waals surface area (Å²) < 4.78 is 0. The number of hydrogen-bond donors (Lipinski definition) is 0. The van der Waals surface area contributed by atoms with E-state index in [4.69, 9.17) is 0 Å². The summed E-state index contributed by atoms with van der Waals surface area (Å²) >= 11 is 0. The molecule has 0 saturated heterocycles. The molecule has 0 aromatic rings. The van der Waals surface area contributed by atoms with Crippen molar-refractivity contribution < 1.29 is 0 Å². The first-order chi connectivity index (χ1) is 6.41. The van der Waals surface area contributed by atoms with Crippen molar-refractivity contribution in [2.75, 3.05) is 0 Å². The SMILES string of the molecule is C[CH]CCCCC=CC=CCCC. The summed E-state index contributed by atoms with van der Waals surface area (Å²) in [7, 11) is 0. The molecule has 0 aliphatic rings. The highest BCUT2D eigenvalue weighted by Crippen LogP contribution is 2.02. The highest BCUT2D eigenvalue weighted by molar-refractivity contribution is 5.02. The van der Waals surface area contributed by atoms with Gasteiger partial charge < -0.3 is 0 Å². The van der Waals surface area contributed by atoms with Crippen molar-refractivity contribution in [3.8, 4) is 0 Å². The summed E-state index contributed by atoms with van der Waals surface area (Å²) in [5.41, 5.74) is 0. The van der Waals surface area contributed by atoms with Crippen molar-refractivity contribution in [2.24, 2.45) is 0 Å². The summed E-state index contributed by atoms with van der Waals surface area (Å²) in [6.45, 7) is 4.33. The minimum absolute atomic E-state index is 1.20. The van der Waals surface area contributed by atoms with Gasteiger partial charge in [0.2, 0.25) is 0 Å². The molecular weight excluding hydrogens is 156 g/mol. The van der Waals surface area contributed by atoms with Gasteiger partial charge in [0.1, 0.15) is 0 Å². The lowest BCUT2D eigenvalue weighted by molar-refractivity contribution is 0.739. The Hall–Kier alpha value is -0.520. The van der Waals surface area contributed by atoms with Crippen LogP contribution in [-0.2, 0) is 0 Å². The number of allylic oxidation sites excluding steroid dienone is 4. The van der Waals surface area contributed by atoms with Gasteiger partial charge in [-0.2, -0.15) is 0 Å². The van der Waals surface area contributed by atoms with Crippen LogP contribution in [0.5, 0.6) is 0 Å². The van der Waals surface area contributed by atoms with Gasteiger partial charge in [-0.1, -0.05) is 57.4 Å². The first-order valence-corrected chi connectivity index (χ1v) is 5.51. The van der Waals surface area contributed by atoms with E-state index in [-0.39, 0.29) is 0 Å². The van der Waals surface area contributed by atoms with Crippen LogP contribution in [0, 0.1) is 6.42 Å². The monoisotopic (exact) mass is 179 g/mol. The minimum Gasteiger partial charge on any atom is -0.0846 e. The quantitative estimate of drug-likeness (QED) is 0.375. The third-order valence-corrected chi connectivity index (χ3v) is 1.95. The third-order valence-electron chi connectivity index (χ3n) is 1.95. The number of rotatable bonds is 8. The summed E-state index contributed by atoms with van der Waals surface area (Å²) in [6, 6.07) is 0. The highest BCUT2D eigenvalue weighted by atomic mass is 13.9. The highest BCUT2D eigenvalue weighted by Gasteiger charge is 1.83. The van der Waals surface area contributed by atoms with Crippen molar-refractivity contribution in [1.29, 1.82) is 0 Å². The molecule has 0 rings (SSSR count). The van der Waals surface area contributed by atoms with Crippen LogP contribution in [0.4, 0.5) is 0 Å². The van der Waals surface area contributed by atoms with Crippen LogP contribution in [0.2, 0.25) is 0 Å². The molecule has 0 aliphatic heterocycles. The van der Waals surface area contributed by atoms with E-state index in [1.807, 2.05) is 0 Å². The topological polar surface area (TPSA) is 0 Å². The Kier molecular flexibility index (Phi) is 11.0. The zero-order valence-corrected chi connectivity index (χ0v) is 9.13. The van der Waals surface area contributed by atoms with Gasteiger partial charge in [-0.25, -0.2) is 0 Å². The summed E-state index contributed by atoms with van der Waals surface area (Å²) in [5, 5.41) is 0. The molecule has 0 N–H and O–H groups in total. The Morgan fingerprint density at radius 1 is 0.846 bits per heavy atom. The fourth-order valence-electron chi connectivity index (χ4n) is 1.13. The second kappa shape index (κ2) is 11.5. The number of hydrogen-bond acceptors (Lipinski definition) is 0. The average Bonchev–Trinajstić information content (AvgIpc) is 2.16. The zero-order valence-electron chi connectivity index (χ0n) is 9.13. The molecule has 0 heterocycles. The molecule has 1 radical (unpaired) electrons. The van der Waals surface area contributed by atoms with Gasteiger partial charge in [-0.15, -0.1) is 0 Å². The molecule has 0 bridgehead atoms. The molecule has 0 aromatic heterocycles. The van der Waals surface area contributed by atoms with Gasteiger partial charge in [0.05, 0.1) is 0 Å². The van der Waals surface area contributed by atoms with Gasteiger partial charge in [0.25, 0.3) is 0 Å². The largest absolute Gasteiger partial charge is 0.0846 e. The van der Waals surface area contributed by atoms with E-state index in [1.165, 1.54) is 38.5 Å². The van der Waals surface area contributed by atoms with Crippen molar-refractivity contribution in [2.45, 2.75) is 52.4 Å². The lowest BCUT2D eigenvalue weighted by Gasteiger charge is -1.92. The Morgan fingerprint density at radius 2 is 1.46 bits per heavy atom. The van der Waals surface area contributed by atoms with Crippen molar-refractivity contribution >= 4 is 0 Å². The van der Waals surface area contributed by atoms with E-state index in [1.54, 1.807) is 0 Å². The predicted octanol–water partition coefficient (Wildman–Crippen LogP) is 4.68. The molecule has 0 heteroatoms. The molecule has 0 nitrogen and oxygen atoms in total. The summed E-state index contributed by atoms with van der Waals surface area (Å²) in [4.78, 5) is 0. The smallest absolute Gasteiger partial charge is 0.0348 e. The summed E-state index contributed by atoms with van der Waals surface area (Å²) in [5.74, 6) is 0. The van der Waals surface area contributed by atoms with Crippen LogP contribution in [0.15, 0.2) is 24.3 Å². The van der Waals surface area contributed by atoms with Gasteiger partial charge >= 0.3 is 0 Å². The maximum atomic E-state index is 2.27. The third kappa shape index (κ3) is 11.5. The fraction of sp³-hybridized carbons (Fsp3) is 0.615. The molecular formula is C13H23. The fourth-order valence-corrected chi connectivity index (χ4v) is 1.13. The maximum Gasteiger partial charge on any atom is -0.0348 e. The van der Waals surface area contributed by atoms with Crippen LogP contribution in [0.1, 0.15) is 52.4 Å². The van der Waals surface area contributed by atoms with Gasteiger partial charge in [-0.05, 0) is 25.7 Å². The Bertz CT molecular complexity index is 131. The maximum absolute atomic E-state index is 2.27. The molecule has 0 aromatic carbocycles. The molecule has 0 atom stereocenters. The molecule has 75 valence electrons. The molecule has 0 fully saturated rings. The molecule has 0 spiro atoms. The Morgan fingerprint density at radius 3 is 2.08 bits per heavy atom. The van der Waals surface area contributed by atoms with Crippen LogP contribution >= 0.6 is 0 Å². The second-order valence-corrected chi connectivity index (χ2v) is 3.34. The molecule has 0 saturated carbocycles. The number of unbranched alkanes of at least 4 members (excludes halogenated alkanes) is 5. The molecule has 0 unspecified atom stereocenters. The van der Waals surface area contributed by atoms with Crippen LogP contribution in [-0.4, -0.2) is 0 Å². The van der Waals surface area contributed by atoms with Gasteiger partial charge in [0.15, 0.2) is 0 Å². The van der Waals surface area contributed by atoms with Crippen LogP contribution in [0.3, 0.4) is 0 Å². The second-order valence-electron chi connectivity index (χ2n) is 3.34. The first kappa shape index (κ1) is 12.5. The Labute approximate surface area is 83.7 Å². The van der Waals surface area contributed by atoms with Crippen molar-refractivity contribution in [3.63, 3.8) is 0 Å². The molecule has 0 aliphatic carbocycles. The van der Waals surface area contributed by atoms with E-state index < -0.39 is 0 Å². The summed E-state index contributed by atoms with van der Waals surface area (Å²) in [6.07, 6.45) is 18.7. The predicted molar refractivity (Wildman–Crippen MR) is 61.6 cm³/mol. The van der Waals surface area contributed by atoms with Crippen LogP contribution in [0.25, 0.3) is 0 Å². The van der Waals surface area contributed by atoms with E-state index in [0.29, 0.717) is 0 Å². The normalized spacial score (nSPS) is 11.8. The lowest BCUT2D eigenvalue weighted by Crippen LogP contribution is -1.73. The molecule has 13 heavy (non-hydrogen) atoms. The standard InChI is InChI=1S/C13H23/c1-3-5-7-9-11-13-12-10-8-6-4-2/h3,8,10,12-13H,4-7,9,11H2,1-2H3. The van der Waals surface area contributed by atoms with E-state index in [2.05, 4.69) is 44.6 Å². The minimum atomic E-state index is 1.20. The zero-order chi connectivity index (χ0) is 9.78. The Balaban J connectivity index is 3.12. The lowest BCUT2D eigenvalue weighted by atomic mass is 10.1. The van der Waals surface area contributed by atoms with Gasteiger partial charge in [0, 0.05) is 0 Å². The van der Waals surface area contributed by atoms with Crippen LogP contribution < -0.4 is 0 Å². The molecule has 0 amide bonds. The van der Waals surface area contributed by atoms with Crippen molar-refractivity contribution in [1.82, 2.24) is 0 Å². The van der Waals surface area contributed by atoms with Gasteiger partial charge in [-0.3, -0.25) is 0 Å². The first-order valence-electron chi connectivity index (χ1n) is 5.51. The van der Waals surface area contributed by atoms with E-state index in [0.717, 1.165) is 0 Å². The van der Waals surface area contributed by atoms with Crippen molar-refractivity contribution in [3.05, 3.63) is 30.7 Å².